The van der Waals surface area contributed by atoms with Crippen LogP contribution in [0.3, 0.4) is 0 Å². The molecule has 0 saturated carbocycles. The van der Waals surface area contributed by atoms with Crippen molar-refractivity contribution in [2.75, 3.05) is 0 Å². The molecule has 0 unspecified atom stereocenters. The van der Waals surface area contributed by atoms with Crippen molar-refractivity contribution in [3.63, 3.8) is 0 Å². The summed E-state index contributed by atoms with van der Waals surface area (Å²) in [5.41, 5.74) is 0. The van der Waals surface area contributed by atoms with E-state index in [0.717, 1.165) is 0 Å². The number of hydrogen-bond acceptors (Lipinski definition) is 0. The summed E-state index contributed by atoms with van der Waals surface area (Å²) in [6.45, 7) is 4.00. The summed E-state index contributed by atoms with van der Waals surface area (Å²) in [7, 11) is 0. The Labute approximate surface area is 91.9 Å². The molecule has 0 saturated heterocycles. The predicted octanol–water partition coefficient (Wildman–Crippen LogP) is 3.66. The van der Waals surface area contributed by atoms with E-state index >= 15 is 0 Å². The Morgan fingerprint density at radius 3 is 2.23 bits per heavy atom. The first-order valence-corrected chi connectivity index (χ1v) is 4.32. The Bertz CT molecular complexity index is 276. The predicted molar refractivity (Wildman–Crippen MR) is 54.1 cm³/mol. The van der Waals surface area contributed by atoms with E-state index in [0.29, 0.717) is 0 Å². The van der Waals surface area contributed by atoms with Gasteiger partial charge in [-0.05, 0) is 0 Å². The summed E-state index contributed by atoms with van der Waals surface area (Å²) in [5.74, 6) is 0. The summed E-state index contributed by atoms with van der Waals surface area (Å²) in [6, 6.07) is 17.4. The number of hydrogen-bond donors (Lipinski definition) is 0. The van der Waals surface area contributed by atoms with Gasteiger partial charge in [0.2, 0.25) is 0 Å². The second kappa shape index (κ2) is 6.76. The van der Waals surface area contributed by atoms with E-state index in [-0.39, 0.29) is 18.6 Å². The Morgan fingerprint density at radius 2 is 1.54 bits per heavy atom. The van der Waals surface area contributed by atoms with Gasteiger partial charge in [-0.1, -0.05) is 26.0 Å². The number of fused-ring (bicyclic) bond motifs is 1. The first-order chi connectivity index (χ1) is 5.97. The molecule has 1 heteroatoms. The molecule has 0 aliphatic rings. The maximum atomic E-state index is 3.15. The van der Waals surface area contributed by atoms with E-state index in [1.165, 1.54) is 10.8 Å². The fourth-order valence-corrected chi connectivity index (χ4v) is 1.06. The van der Waals surface area contributed by atoms with Crippen molar-refractivity contribution in [2.45, 2.75) is 13.8 Å². The second-order valence-corrected chi connectivity index (χ2v) is 2.26. The first kappa shape index (κ1) is 12.3. The van der Waals surface area contributed by atoms with Gasteiger partial charge in [0.1, 0.15) is 0 Å². The third-order valence-electron chi connectivity index (χ3n) is 1.57. The Morgan fingerprint density at radius 1 is 0.923 bits per heavy atom. The van der Waals surface area contributed by atoms with Crippen LogP contribution in [0.2, 0.25) is 0 Å². The zero-order chi connectivity index (χ0) is 8.81. The summed E-state index contributed by atoms with van der Waals surface area (Å²) in [6.07, 6.45) is 0. The van der Waals surface area contributed by atoms with Crippen LogP contribution in [0.4, 0.5) is 0 Å². The quantitative estimate of drug-likeness (QED) is 0.579. The number of benzene rings is 2. The standard InChI is InChI=1S/C10H7.C2H6.V/c1-2-6-10-8-4-3-7-9(10)5-1;1-2;/h1-7H;1-2H3;/q-1;;. The number of rotatable bonds is 0. The van der Waals surface area contributed by atoms with Crippen molar-refractivity contribution in [3.8, 4) is 0 Å². The minimum absolute atomic E-state index is 0. The molecule has 0 spiro atoms. The molecule has 2 rings (SSSR count). The van der Waals surface area contributed by atoms with Crippen molar-refractivity contribution in [2.24, 2.45) is 0 Å². The van der Waals surface area contributed by atoms with Gasteiger partial charge >= 0.3 is 0 Å². The van der Waals surface area contributed by atoms with E-state index in [2.05, 4.69) is 24.3 Å². The largest absolute Gasteiger partial charge is 0.147 e. The van der Waals surface area contributed by atoms with Crippen LogP contribution in [0.1, 0.15) is 13.8 Å². The van der Waals surface area contributed by atoms with Gasteiger partial charge in [0.15, 0.2) is 0 Å². The van der Waals surface area contributed by atoms with E-state index in [1.807, 2.05) is 38.1 Å². The molecule has 1 radical (unpaired) electrons. The van der Waals surface area contributed by atoms with Crippen molar-refractivity contribution in [1.82, 2.24) is 0 Å². The molecule has 0 heterocycles. The molecule has 2 aromatic rings. The molecule has 0 atom stereocenters. The molecule has 2 aromatic carbocycles. The maximum Gasteiger partial charge on any atom is 0 e. The van der Waals surface area contributed by atoms with Crippen LogP contribution in [0.25, 0.3) is 10.8 Å². The fourth-order valence-electron chi connectivity index (χ4n) is 1.06. The molecular formula is C12H13V-. The molecule has 0 amide bonds. The molecule has 0 aromatic heterocycles. The van der Waals surface area contributed by atoms with Crippen molar-refractivity contribution in [3.05, 3.63) is 48.5 Å². The molecule has 0 N–H and O–H groups in total. The van der Waals surface area contributed by atoms with E-state index in [1.54, 1.807) is 0 Å². The Balaban J connectivity index is 0.000000451. The summed E-state index contributed by atoms with van der Waals surface area (Å²) < 4.78 is 0. The normalized spacial score (nSPS) is 8.15. The SMILES string of the molecule is CC.[V].[c-]1cccc2ccccc12. The van der Waals surface area contributed by atoms with Crippen LogP contribution in [0, 0.1) is 6.07 Å². The average molecular weight is 208 g/mol. The van der Waals surface area contributed by atoms with Gasteiger partial charge in [-0.15, -0.1) is 47.2 Å². The van der Waals surface area contributed by atoms with Crippen LogP contribution < -0.4 is 0 Å². The van der Waals surface area contributed by atoms with Crippen molar-refractivity contribution in [1.29, 1.82) is 0 Å². The summed E-state index contributed by atoms with van der Waals surface area (Å²) in [5, 5.41) is 2.44. The smallest absolute Gasteiger partial charge is 0 e. The zero-order valence-corrected chi connectivity index (χ0v) is 9.39. The van der Waals surface area contributed by atoms with Gasteiger partial charge in [-0.25, -0.2) is 0 Å². The Hall–Kier alpha value is -0.716. The van der Waals surface area contributed by atoms with Crippen molar-refractivity contribution >= 4 is 10.8 Å². The van der Waals surface area contributed by atoms with Gasteiger partial charge in [0.25, 0.3) is 0 Å². The fraction of sp³-hybridized carbons (Fsp3) is 0.167. The molecule has 0 aliphatic carbocycles. The van der Waals surface area contributed by atoms with E-state index in [4.69, 9.17) is 0 Å². The van der Waals surface area contributed by atoms with Gasteiger partial charge in [0, 0.05) is 18.6 Å². The van der Waals surface area contributed by atoms with Gasteiger partial charge in [-0.3, -0.25) is 0 Å². The monoisotopic (exact) mass is 208 g/mol. The topological polar surface area (TPSA) is 0 Å². The molecule has 0 fully saturated rings. The Kier molecular flexibility index (Phi) is 6.39. The second-order valence-electron chi connectivity index (χ2n) is 2.26. The summed E-state index contributed by atoms with van der Waals surface area (Å²) >= 11 is 0. The van der Waals surface area contributed by atoms with Crippen LogP contribution in [-0.4, -0.2) is 0 Å². The maximum absolute atomic E-state index is 3.15. The van der Waals surface area contributed by atoms with Crippen LogP contribution >= 0.6 is 0 Å². The molecule has 0 nitrogen and oxygen atoms in total. The van der Waals surface area contributed by atoms with Gasteiger partial charge in [-0.2, -0.15) is 0 Å². The average Bonchev–Trinajstić information content (AvgIpc) is 2.21. The molecule has 0 aliphatic heterocycles. The van der Waals surface area contributed by atoms with Crippen LogP contribution in [0.5, 0.6) is 0 Å². The molecule has 0 bridgehead atoms. The minimum atomic E-state index is 0. The molecular weight excluding hydrogens is 195 g/mol. The minimum Gasteiger partial charge on any atom is -0.147 e. The summed E-state index contributed by atoms with van der Waals surface area (Å²) in [4.78, 5) is 0. The molecule has 67 valence electrons. The van der Waals surface area contributed by atoms with Gasteiger partial charge < -0.3 is 0 Å². The third kappa shape index (κ3) is 3.26. The first-order valence-electron chi connectivity index (χ1n) is 4.32. The molecule has 13 heavy (non-hydrogen) atoms. The van der Waals surface area contributed by atoms with Crippen LogP contribution in [0.15, 0.2) is 42.5 Å². The van der Waals surface area contributed by atoms with Gasteiger partial charge in [0.05, 0.1) is 0 Å². The van der Waals surface area contributed by atoms with Crippen LogP contribution in [-0.2, 0) is 18.6 Å². The van der Waals surface area contributed by atoms with E-state index < -0.39 is 0 Å². The van der Waals surface area contributed by atoms with E-state index in [9.17, 15) is 0 Å². The zero-order valence-electron chi connectivity index (χ0n) is 7.99. The van der Waals surface area contributed by atoms with Crippen molar-refractivity contribution < 1.29 is 18.6 Å². The third-order valence-corrected chi connectivity index (χ3v) is 1.57.